The van der Waals surface area contributed by atoms with E-state index in [2.05, 4.69) is 20.6 Å². The molecule has 1 saturated carbocycles. The topological polar surface area (TPSA) is 70.2 Å². The molecular formula is C20H26FN5O. The van der Waals surface area contributed by atoms with E-state index in [1.54, 1.807) is 19.2 Å². The number of hydrogen-bond donors (Lipinski definition) is 2. The molecule has 2 aromatic rings. The van der Waals surface area contributed by atoms with Crippen molar-refractivity contribution >= 4 is 17.7 Å². The molecule has 3 rings (SSSR count). The Hall–Kier alpha value is -2.70. The van der Waals surface area contributed by atoms with Crippen molar-refractivity contribution in [2.24, 2.45) is 0 Å². The number of hydrogen-bond acceptors (Lipinski definition) is 5. The number of carbonyl (C=O) groups is 1. The van der Waals surface area contributed by atoms with Crippen LogP contribution in [0.25, 0.3) is 0 Å². The van der Waals surface area contributed by atoms with E-state index in [1.807, 2.05) is 25.1 Å². The van der Waals surface area contributed by atoms with Crippen molar-refractivity contribution in [2.45, 2.75) is 44.7 Å². The largest absolute Gasteiger partial charge is 0.363 e. The highest BCUT2D eigenvalue weighted by Crippen LogP contribution is 2.22. The van der Waals surface area contributed by atoms with E-state index in [0.717, 1.165) is 31.5 Å². The lowest BCUT2D eigenvalue weighted by atomic mass is 9.91. The van der Waals surface area contributed by atoms with Crippen LogP contribution in [0.15, 0.2) is 30.5 Å². The van der Waals surface area contributed by atoms with Crippen molar-refractivity contribution < 1.29 is 9.18 Å². The molecule has 0 bridgehead atoms. The van der Waals surface area contributed by atoms with Crippen LogP contribution < -0.4 is 15.5 Å². The number of halogens is 1. The fourth-order valence-corrected chi connectivity index (χ4v) is 3.29. The Balaban J connectivity index is 1.50. The standard InChI is InChI=1S/C20H26FN5O/c1-13-12-14(4-9-17(13)21)19(27)23-15-5-7-16(8-6-15)24-20-22-11-10-18(25-20)26(2)3/h4,9-12,15-16H,5-8H2,1-3H3,(H,23,27)(H,22,24,25)/t15-,16+. The lowest BCUT2D eigenvalue weighted by Gasteiger charge is -2.29. The Morgan fingerprint density at radius 1 is 1.15 bits per heavy atom. The van der Waals surface area contributed by atoms with E-state index in [9.17, 15) is 9.18 Å². The molecule has 0 radical (unpaired) electrons. The molecule has 6 nitrogen and oxygen atoms in total. The van der Waals surface area contributed by atoms with Gasteiger partial charge in [0.15, 0.2) is 0 Å². The van der Waals surface area contributed by atoms with Crippen molar-refractivity contribution in [3.05, 3.63) is 47.4 Å². The Labute approximate surface area is 159 Å². The third-order valence-corrected chi connectivity index (χ3v) is 4.91. The molecule has 1 aromatic carbocycles. The Bertz CT molecular complexity index is 803. The number of anilines is 2. The first-order chi connectivity index (χ1) is 12.9. The van der Waals surface area contributed by atoms with Crippen molar-refractivity contribution in [2.75, 3.05) is 24.3 Å². The summed E-state index contributed by atoms with van der Waals surface area (Å²) < 4.78 is 13.4. The summed E-state index contributed by atoms with van der Waals surface area (Å²) in [5, 5.41) is 6.46. The number of aromatic nitrogens is 2. The van der Waals surface area contributed by atoms with Gasteiger partial charge in [0, 0.05) is 37.9 Å². The normalized spacial score (nSPS) is 19.4. The molecule has 1 aliphatic rings. The molecule has 1 heterocycles. The van der Waals surface area contributed by atoms with Crippen LogP contribution in [0.5, 0.6) is 0 Å². The number of rotatable bonds is 5. The number of benzene rings is 1. The highest BCUT2D eigenvalue weighted by molar-refractivity contribution is 5.94. The second-order valence-electron chi connectivity index (χ2n) is 7.26. The molecular weight excluding hydrogens is 345 g/mol. The maximum absolute atomic E-state index is 13.4. The van der Waals surface area contributed by atoms with Crippen LogP contribution in [0, 0.1) is 12.7 Å². The molecule has 1 amide bonds. The lowest BCUT2D eigenvalue weighted by Crippen LogP contribution is -2.40. The minimum atomic E-state index is -0.293. The van der Waals surface area contributed by atoms with Crippen molar-refractivity contribution in [3.8, 4) is 0 Å². The van der Waals surface area contributed by atoms with Crippen LogP contribution in [0.1, 0.15) is 41.6 Å². The Morgan fingerprint density at radius 2 is 1.85 bits per heavy atom. The number of aryl methyl sites for hydroxylation is 1. The van der Waals surface area contributed by atoms with Crippen LogP contribution in [0.4, 0.5) is 16.2 Å². The number of nitrogens with one attached hydrogen (secondary N) is 2. The van der Waals surface area contributed by atoms with E-state index in [-0.39, 0.29) is 17.8 Å². The van der Waals surface area contributed by atoms with Crippen molar-refractivity contribution in [1.82, 2.24) is 15.3 Å². The van der Waals surface area contributed by atoms with E-state index in [1.165, 1.54) is 12.1 Å². The number of carbonyl (C=O) groups excluding carboxylic acids is 1. The van der Waals surface area contributed by atoms with Gasteiger partial charge in [0.05, 0.1) is 0 Å². The van der Waals surface area contributed by atoms with E-state index >= 15 is 0 Å². The van der Waals surface area contributed by atoms with E-state index < -0.39 is 0 Å². The van der Waals surface area contributed by atoms with E-state index in [0.29, 0.717) is 23.1 Å². The second-order valence-corrected chi connectivity index (χ2v) is 7.26. The van der Waals surface area contributed by atoms with Gasteiger partial charge < -0.3 is 15.5 Å². The van der Waals surface area contributed by atoms with Crippen LogP contribution in [-0.4, -0.2) is 42.1 Å². The first kappa shape index (κ1) is 19.1. The number of nitrogens with zero attached hydrogens (tertiary/aromatic N) is 3. The summed E-state index contributed by atoms with van der Waals surface area (Å²) in [4.78, 5) is 23.1. The molecule has 27 heavy (non-hydrogen) atoms. The molecule has 0 unspecified atom stereocenters. The molecule has 1 fully saturated rings. The molecule has 0 saturated heterocycles. The quantitative estimate of drug-likeness (QED) is 0.845. The van der Waals surface area contributed by atoms with Crippen molar-refractivity contribution in [3.63, 3.8) is 0 Å². The molecule has 0 atom stereocenters. The second kappa shape index (κ2) is 8.33. The maximum Gasteiger partial charge on any atom is 0.251 e. The lowest BCUT2D eigenvalue weighted by molar-refractivity contribution is 0.0926. The third-order valence-electron chi connectivity index (χ3n) is 4.91. The minimum absolute atomic E-state index is 0.134. The first-order valence-corrected chi connectivity index (χ1v) is 9.26. The van der Waals surface area contributed by atoms with Crippen molar-refractivity contribution in [1.29, 1.82) is 0 Å². The van der Waals surface area contributed by atoms with E-state index in [4.69, 9.17) is 0 Å². The number of amides is 1. The smallest absolute Gasteiger partial charge is 0.251 e. The first-order valence-electron chi connectivity index (χ1n) is 9.26. The summed E-state index contributed by atoms with van der Waals surface area (Å²) in [5.74, 6) is 1.06. The van der Waals surface area contributed by atoms with Gasteiger partial charge in [-0.05, 0) is 62.4 Å². The maximum atomic E-state index is 13.4. The van der Waals surface area contributed by atoms with Gasteiger partial charge in [-0.1, -0.05) is 0 Å². The summed E-state index contributed by atoms with van der Waals surface area (Å²) in [6, 6.07) is 6.76. The molecule has 0 aliphatic heterocycles. The average molecular weight is 371 g/mol. The summed E-state index contributed by atoms with van der Waals surface area (Å²) in [6.07, 6.45) is 5.39. The highest BCUT2D eigenvalue weighted by Gasteiger charge is 2.23. The molecule has 7 heteroatoms. The summed E-state index contributed by atoms with van der Waals surface area (Å²) in [5.41, 5.74) is 0.985. The SMILES string of the molecule is Cc1cc(C(=O)N[C@H]2CC[C@@H](Nc3nccc(N(C)C)n3)CC2)ccc1F. The fourth-order valence-electron chi connectivity index (χ4n) is 3.29. The predicted molar refractivity (Wildman–Crippen MR) is 105 cm³/mol. The van der Waals surface area contributed by atoms with Gasteiger partial charge in [-0.25, -0.2) is 9.37 Å². The van der Waals surface area contributed by atoms with Gasteiger partial charge in [-0.2, -0.15) is 4.98 Å². The predicted octanol–water partition coefficient (Wildman–Crippen LogP) is 3.14. The molecule has 0 spiro atoms. The molecule has 2 N–H and O–H groups in total. The summed E-state index contributed by atoms with van der Waals surface area (Å²) in [6.45, 7) is 1.66. The summed E-state index contributed by atoms with van der Waals surface area (Å²) >= 11 is 0. The summed E-state index contributed by atoms with van der Waals surface area (Å²) in [7, 11) is 3.89. The van der Waals surface area contributed by atoms with Crippen LogP contribution in [0.2, 0.25) is 0 Å². The zero-order valence-electron chi connectivity index (χ0n) is 16.0. The molecule has 1 aliphatic carbocycles. The molecule has 144 valence electrons. The van der Waals surface area contributed by atoms with Gasteiger partial charge >= 0.3 is 0 Å². The molecule has 1 aromatic heterocycles. The van der Waals surface area contributed by atoms with Gasteiger partial charge in [0.25, 0.3) is 5.91 Å². The van der Waals surface area contributed by atoms with Gasteiger partial charge in [-0.15, -0.1) is 0 Å². The zero-order chi connectivity index (χ0) is 19.4. The average Bonchev–Trinajstić information content (AvgIpc) is 2.65. The minimum Gasteiger partial charge on any atom is -0.363 e. The monoisotopic (exact) mass is 371 g/mol. The van der Waals surface area contributed by atoms with Gasteiger partial charge in [0.1, 0.15) is 11.6 Å². The third kappa shape index (κ3) is 4.93. The van der Waals surface area contributed by atoms with Gasteiger partial charge in [-0.3, -0.25) is 4.79 Å². The Kier molecular flexibility index (Phi) is 5.88. The Morgan fingerprint density at radius 3 is 2.52 bits per heavy atom. The van der Waals surface area contributed by atoms with Crippen LogP contribution in [0.3, 0.4) is 0 Å². The zero-order valence-corrected chi connectivity index (χ0v) is 16.0. The van der Waals surface area contributed by atoms with Gasteiger partial charge in [0.2, 0.25) is 5.95 Å². The fraction of sp³-hybridized carbons (Fsp3) is 0.450. The van der Waals surface area contributed by atoms with Crippen LogP contribution in [-0.2, 0) is 0 Å². The van der Waals surface area contributed by atoms with Crippen LogP contribution >= 0.6 is 0 Å². The highest BCUT2D eigenvalue weighted by atomic mass is 19.1.